The number of aryl methyl sites for hydroxylation is 2. The minimum absolute atomic E-state index is 0.222. The molecule has 0 aliphatic rings. The van der Waals surface area contributed by atoms with Gasteiger partial charge >= 0.3 is 0 Å². The summed E-state index contributed by atoms with van der Waals surface area (Å²) in [6, 6.07) is 6.32. The Balaban J connectivity index is 2.99. The van der Waals surface area contributed by atoms with Crippen LogP contribution in [0.5, 0.6) is 0 Å². The predicted molar refractivity (Wildman–Crippen MR) is 73.1 cm³/mol. The third kappa shape index (κ3) is 3.08. The summed E-state index contributed by atoms with van der Waals surface area (Å²) in [6.07, 6.45) is 0.605. The van der Waals surface area contributed by atoms with Crippen LogP contribution in [0.15, 0.2) is 18.2 Å². The summed E-state index contributed by atoms with van der Waals surface area (Å²) in [6.45, 7) is 10.6. The van der Waals surface area contributed by atoms with Crippen molar-refractivity contribution < 1.29 is 5.11 Å². The molecule has 0 aliphatic heterocycles. The fraction of sp³-hybridized carbons (Fsp3) is 0.600. The Labute approximate surface area is 105 Å². The Morgan fingerprint density at radius 2 is 1.71 bits per heavy atom. The summed E-state index contributed by atoms with van der Waals surface area (Å²) in [4.78, 5) is 0. The van der Waals surface area contributed by atoms with E-state index in [4.69, 9.17) is 5.73 Å². The largest absolute Gasteiger partial charge is 0.388 e. The highest BCUT2D eigenvalue weighted by Gasteiger charge is 2.38. The lowest BCUT2D eigenvalue weighted by Crippen LogP contribution is -2.50. The summed E-state index contributed by atoms with van der Waals surface area (Å²) >= 11 is 0. The van der Waals surface area contributed by atoms with Crippen LogP contribution in [-0.4, -0.2) is 17.3 Å². The van der Waals surface area contributed by atoms with E-state index in [1.165, 1.54) is 11.1 Å². The van der Waals surface area contributed by atoms with Gasteiger partial charge in [0.2, 0.25) is 0 Å². The normalized spacial score (nSPS) is 15.7. The summed E-state index contributed by atoms with van der Waals surface area (Å²) in [5.41, 5.74) is 8.37. The van der Waals surface area contributed by atoms with E-state index in [0.717, 1.165) is 5.56 Å². The SMILES string of the molecule is Cc1ccc(CC(O)(CN)C(C)(C)C)cc1C. The Hall–Kier alpha value is -0.860. The molecule has 0 spiro atoms. The minimum Gasteiger partial charge on any atom is -0.388 e. The number of hydrogen-bond acceptors (Lipinski definition) is 2. The molecular weight excluding hydrogens is 210 g/mol. The molecule has 1 aromatic rings. The third-order valence-corrected chi connectivity index (χ3v) is 3.80. The van der Waals surface area contributed by atoms with Crippen molar-refractivity contribution in [3.8, 4) is 0 Å². The number of hydrogen-bond donors (Lipinski definition) is 2. The first-order chi connectivity index (χ1) is 7.69. The molecule has 0 aliphatic carbocycles. The molecule has 0 radical (unpaired) electrons. The van der Waals surface area contributed by atoms with Gasteiger partial charge in [-0.15, -0.1) is 0 Å². The zero-order valence-electron chi connectivity index (χ0n) is 11.7. The van der Waals surface area contributed by atoms with E-state index in [9.17, 15) is 5.11 Å². The van der Waals surface area contributed by atoms with Crippen LogP contribution in [-0.2, 0) is 6.42 Å². The molecule has 0 saturated heterocycles. The lowest BCUT2D eigenvalue weighted by Gasteiger charge is -2.39. The van der Waals surface area contributed by atoms with Crippen LogP contribution in [0.3, 0.4) is 0 Å². The van der Waals surface area contributed by atoms with Gasteiger partial charge < -0.3 is 10.8 Å². The molecule has 0 saturated carbocycles. The minimum atomic E-state index is -0.852. The molecule has 1 atom stereocenters. The van der Waals surface area contributed by atoms with Crippen molar-refractivity contribution in [2.75, 3.05) is 6.54 Å². The van der Waals surface area contributed by atoms with Gasteiger partial charge in [0, 0.05) is 13.0 Å². The number of rotatable bonds is 3. The molecule has 3 N–H and O–H groups in total. The monoisotopic (exact) mass is 235 g/mol. The molecule has 2 nitrogen and oxygen atoms in total. The average molecular weight is 235 g/mol. The second-order valence-corrected chi connectivity index (χ2v) is 6.08. The molecule has 96 valence electrons. The van der Waals surface area contributed by atoms with E-state index in [0.29, 0.717) is 6.42 Å². The third-order valence-electron chi connectivity index (χ3n) is 3.80. The van der Waals surface area contributed by atoms with Gasteiger partial charge in [0.25, 0.3) is 0 Å². The highest BCUT2D eigenvalue weighted by atomic mass is 16.3. The van der Waals surface area contributed by atoms with Crippen molar-refractivity contribution in [1.29, 1.82) is 0 Å². The quantitative estimate of drug-likeness (QED) is 0.846. The van der Waals surface area contributed by atoms with Crippen molar-refractivity contribution in [1.82, 2.24) is 0 Å². The summed E-state index contributed by atoms with van der Waals surface area (Å²) in [5.74, 6) is 0. The first-order valence-corrected chi connectivity index (χ1v) is 6.18. The molecule has 0 heterocycles. The molecular formula is C15H25NO. The first-order valence-electron chi connectivity index (χ1n) is 6.18. The maximum atomic E-state index is 10.6. The van der Waals surface area contributed by atoms with Crippen LogP contribution in [0, 0.1) is 19.3 Å². The van der Waals surface area contributed by atoms with Gasteiger partial charge in [-0.05, 0) is 36.0 Å². The van der Waals surface area contributed by atoms with E-state index in [2.05, 4.69) is 32.0 Å². The van der Waals surface area contributed by atoms with Crippen LogP contribution in [0.25, 0.3) is 0 Å². The van der Waals surface area contributed by atoms with Crippen LogP contribution in [0.2, 0.25) is 0 Å². The number of benzene rings is 1. The second-order valence-electron chi connectivity index (χ2n) is 6.08. The molecule has 0 aromatic heterocycles. The van der Waals surface area contributed by atoms with E-state index >= 15 is 0 Å². The maximum Gasteiger partial charge on any atom is 0.0857 e. The standard InChI is InChI=1S/C15H25NO/c1-11-6-7-13(8-12(11)2)9-15(17,10-16)14(3,4)5/h6-8,17H,9-10,16H2,1-5H3. The topological polar surface area (TPSA) is 46.2 Å². The van der Waals surface area contributed by atoms with Crippen molar-refractivity contribution >= 4 is 0 Å². The van der Waals surface area contributed by atoms with Crippen molar-refractivity contribution in [2.24, 2.45) is 11.1 Å². The Bertz CT molecular complexity index is 392. The second kappa shape index (κ2) is 4.79. The molecule has 0 amide bonds. The van der Waals surface area contributed by atoms with Gasteiger partial charge in [-0.25, -0.2) is 0 Å². The van der Waals surface area contributed by atoms with Crippen LogP contribution in [0.1, 0.15) is 37.5 Å². The van der Waals surface area contributed by atoms with Crippen LogP contribution >= 0.6 is 0 Å². The van der Waals surface area contributed by atoms with Crippen molar-refractivity contribution in [2.45, 2.75) is 46.6 Å². The molecule has 0 bridgehead atoms. The highest BCUT2D eigenvalue weighted by molar-refractivity contribution is 5.31. The summed E-state index contributed by atoms with van der Waals surface area (Å²) in [5, 5.41) is 10.6. The molecule has 1 rings (SSSR count). The predicted octanol–water partition coefficient (Wildman–Crippen LogP) is 2.58. The first kappa shape index (κ1) is 14.2. The van der Waals surface area contributed by atoms with E-state index in [1.54, 1.807) is 0 Å². The van der Waals surface area contributed by atoms with Gasteiger partial charge in [0.1, 0.15) is 0 Å². The van der Waals surface area contributed by atoms with E-state index in [-0.39, 0.29) is 12.0 Å². The van der Waals surface area contributed by atoms with Gasteiger partial charge in [-0.1, -0.05) is 39.0 Å². The Morgan fingerprint density at radius 3 is 2.12 bits per heavy atom. The Morgan fingerprint density at radius 1 is 1.12 bits per heavy atom. The number of aliphatic hydroxyl groups is 1. The lowest BCUT2D eigenvalue weighted by molar-refractivity contribution is -0.0490. The smallest absolute Gasteiger partial charge is 0.0857 e. The van der Waals surface area contributed by atoms with Crippen LogP contribution in [0.4, 0.5) is 0 Å². The average Bonchev–Trinajstić information content (AvgIpc) is 2.22. The maximum absolute atomic E-state index is 10.6. The molecule has 2 heteroatoms. The zero-order chi connectivity index (χ0) is 13.3. The fourth-order valence-electron chi connectivity index (χ4n) is 1.89. The Kier molecular flexibility index (Phi) is 4.00. The molecule has 17 heavy (non-hydrogen) atoms. The molecule has 0 fully saturated rings. The van der Waals surface area contributed by atoms with Crippen molar-refractivity contribution in [3.05, 3.63) is 34.9 Å². The summed E-state index contributed by atoms with van der Waals surface area (Å²) < 4.78 is 0. The van der Waals surface area contributed by atoms with Crippen molar-refractivity contribution in [3.63, 3.8) is 0 Å². The summed E-state index contributed by atoms with van der Waals surface area (Å²) in [7, 11) is 0. The van der Waals surface area contributed by atoms with Gasteiger partial charge in [-0.3, -0.25) is 0 Å². The molecule has 1 unspecified atom stereocenters. The zero-order valence-corrected chi connectivity index (χ0v) is 11.7. The van der Waals surface area contributed by atoms with E-state index < -0.39 is 5.60 Å². The highest BCUT2D eigenvalue weighted by Crippen LogP contribution is 2.32. The van der Waals surface area contributed by atoms with Gasteiger partial charge in [0.05, 0.1) is 5.60 Å². The molecule has 1 aromatic carbocycles. The lowest BCUT2D eigenvalue weighted by atomic mass is 9.73. The van der Waals surface area contributed by atoms with E-state index in [1.807, 2.05) is 20.8 Å². The van der Waals surface area contributed by atoms with Gasteiger partial charge in [0.15, 0.2) is 0 Å². The van der Waals surface area contributed by atoms with Gasteiger partial charge in [-0.2, -0.15) is 0 Å². The van der Waals surface area contributed by atoms with Crippen LogP contribution < -0.4 is 5.73 Å². The fourth-order valence-corrected chi connectivity index (χ4v) is 1.89. The number of nitrogens with two attached hydrogens (primary N) is 1.